The van der Waals surface area contributed by atoms with E-state index in [1.807, 2.05) is 6.07 Å². The predicted octanol–water partition coefficient (Wildman–Crippen LogP) is 3.31. The minimum absolute atomic E-state index is 0.0303. The summed E-state index contributed by atoms with van der Waals surface area (Å²) >= 11 is 8.70. The Bertz CT molecular complexity index is 346. The molecule has 0 atom stereocenters. The van der Waals surface area contributed by atoms with Crippen LogP contribution < -0.4 is 0 Å². The first-order valence-electron chi connectivity index (χ1n) is 3.16. The van der Waals surface area contributed by atoms with Crippen molar-refractivity contribution < 1.29 is 4.39 Å². The van der Waals surface area contributed by atoms with Gasteiger partial charge in [-0.2, -0.15) is 5.26 Å². The second-order valence-electron chi connectivity index (χ2n) is 2.17. The molecule has 0 unspecified atom stereocenters. The number of hydrogen-bond donors (Lipinski definition) is 0. The van der Waals surface area contributed by atoms with E-state index in [0.29, 0.717) is 10.0 Å². The largest absolute Gasteiger partial charge is 0.205 e. The number of benzene rings is 1. The van der Waals surface area contributed by atoms with Crippen LogP contribution in [0.1, 0.15) is 5.56 Å². The zero-order valence-corrected chi connectivity index (χ0v) is 8.28. The van der Waals surface area contributed by atoms with Crippen molar-refractivity contribution in [1.29, 1.82) is 5.26 Å². The minimum atomic E-state index is -0.481. The fourth-order valence-electron chi connectivity index (χ4n) is 0.788. The van der Waals surface area contributed by atoms with Crippen LogP contribution in [0.5, 0.6) is 0 Å². The van der Waals surface area contributed by atoms with Crippen molar-refractivity contribution in [2.45, 2.75) is 6.42 Å². The molecule has 1 rings (SSSR count). The molecule has 12 heavy (non-hydrogen) atoms. The molecule has 62 valence electrons. The van der Waals surface area contributed by atoms with E-state index >= 15 is 0 Å². The smallest absolute Gasteiger partial charge is 0.142 e. The molecular weight excluding hydrogens is 244 g/mol. The lowest BCUT2D eigenvalue weighted by Crippen LogP contribution is -1.87. The van der Waals surface area contributed by atoms with E-state index in [9.17, 15) is 4.39 Å². The molecule has 0 aliphatic carbocycles. The van der Waals surface area contributed by atoms with Crippen LogP contribution in [0.25, 0.3) is 0 Å². The topological polar surface area (TPSA) is 23.8 Å². The Kier molecular flexibility index (Phi) is 3.07. The molecule has 0 aliphatic rings. The van der Waals surface area contributed by atoms with E-state index in [0.717, 1.165) is 0 Å². The Morgan fingerprint density at radius 3 is 2.83 bits per heavy atom. The summed E-state index contributed by atoms with van der Waals surface area (Å²) in [6.45, 7) is 0. The molecule has 1 aromatic rings. The normalized spacial score (nSPS) is 9.50. The Morgan fingerprint density at radius 1 is 1.58 bits per heavy atom. The molecular formula is C8H4BrClFN. The molecule has 0 saturated heterocycles. The monoisotopic (exact) mass is 247 g/mol. The van der Waals surface area contributed by atoms with Gasteiger partial charge in [0.25, 0.3) is 0 Å². The molecule has 0 radical (unpaired) electrons. The van der Waals surface area contributed by atoms with Gasteiger partial charge < -0.3 is 0 Å². The van der Waals surface area contributed by atoms with Crippen LogP contribution in [-0.2, 0) is 6.42 Å². The Morgan fingerprint density at radius 2 is 2.25 bits per heavy atom. The number of nitriles is 1. The summed E-state index contributed by atoms with van der Waals surface area (Å²) in [5, 5.41) is 8.43. The fourth-order valence-corrected chi connectivity index (χ4v) is 1.43. The van der Waals surface area contributed by atoms with Gasteiger partial charge in [0.05, 0.1) is 17.5 Å². The summed E-state index contributed by atoms with van der Waals surface area (Å²) < 4.78 is 13.2. The summed E-state index contributed by atoms with van der Waals surface area (Å²) in [5.74, 6) is -0.481. The standard InChI is InChI=1S/C8H4BrClFN/c9-7-5(3-4-12)1-2-6(11)8(7)10/h1-2H,3H2. The van der Waals surface area contributed by atoms with Crippen LogP contribution in [0.15, 0.2) is 16.6 Å². The minimum Gasteiger partial charge on any atom is -0.205 e. The number of rotatable bonds is 1. The van der Waals surface area contributed by atoms with Crippen molar-refractivity contribution in [3.05, 3.63) is 33.0 Å². The Hall–Kier alpha value is -0.590. The molecule has 0 aromatic heterocycles. The highest BCUT2D eigenvalue weighted by atomic mass is 79.9. The van der Waals surface area contributed by atoms with Gasteiger partial charge in [0.2, 0.25) is 0 Å². The molecule has 0 bridgehead atoms. The number of halogens is 3. The van der Waals surface area contributed by atoms with Gasteiger partial charge in [-0.15, -0.1) is 0 Å². The first-order chi connectivity index (χ1) is 5.66. The lowest BCUT2D eigenvalue weighted by Gasteiger charge is -2.01. The van der Waals surface area contributed by atoms with E-state index in [4.69, 9.17) is 16.9 Å². The lowest BCUT2D eigenvalue weighted by molar-refractivity contribution is 0.626. The van der Waals surface area contributed by atoms with Crippen LogP contribution in [0.3, 0.4) is 0 Å². The van der Waals surface area contributed by atoms with Crippen molar-refractivity contribution >= 4 is 27.5 Å². The van der Waals surface area contributed by atoms with Gasteiger partial charge in [-0.25, -0.2) is 4.39 Å². The van der Waals surface area contributed by atoms with E-state index in [2.05, 4.69) is 15.9 Å². The lowest BCUT2D eigenvalue weighted by atomic mass is 10.2. The highest BCUT2D eigenvalue weighted by Crippen LogP contribution is 2.28. The van der Waals surface area contributed by atoms with Crippen molar-refractivity contribution in [3.8, 4) is 6.07 Å². The van der Waals surface area contributed by atoms with E-state index < -0.39 is 5.82 Å². The summed E-state index contributed by atoms with van der Waals surface area (Å²) in [6.07, 6.45) is 0.223. The van der Waals surface area contributed by atoms with Gasteiger partial charge in [0.1, 0.15) is 5.82 Å². The van der Waals surface area contributed by atoms with Gasteiger partial charge >= 0.3 is 0 Å². The van der Waals surface area contributed by atoms with Crippen molar-refractivity contribution in [1.82, 2.24) is 0 Å². The Balaban J connectivity index is 3.19. The molecule has 0 fully saturated rings. The van der Waals surface area contributed by atoms with Crippen LogP contribution in [-0.4, -0.2) is 0 Å². The van der Waals surface area contributed by atoms with E-state index in [-0.39, 0.29) is 11.4 Å². The van der Waals surface area contributed by atoms with Gasteiger partial charge in [-0.05, 0) is 27.6 Å². The second kappa shape index (κ2) is 3.88. The summed E-state index contributed by atoms with van der Waals surface area (Å²) in [7, 11) is 0. The zero-order chi connectivity index (χ0) is 9.14. The van der Waals surface area contributed by atoms with Gasteiger partial charge in [0.15, 0.2) is 0 Å². The highest BCUT2D eigenvalue weighted by Gasteiger charge is 2.08. The molecule has 0 spiro atoms. The van der Waals surface area contributed by atoms with Crippen molar-refractivity contribution in [2.75, 3.05) is 0 Å². The second-order valence-corrected chi connectivity index (χ2v) is 3.34. The van der Waals surface area contributed by atoms with E-state index in [1.54, 1.807) is 0 Å². The summed E-state index contributed by atoms with van der Waals surface area (Å²) in [4.78, 5) is 0. The molecule has 0 N–H and O–H groups in total. The third kappa shape index (κ3) is 1.77. The predicted molar refractivity (Wildman–Crippen MR) is 48.4 cm³/mol. The zero-order valence-electron chi connectivity index (χ0n) is 5.94. The van der Waals surface area contributed by atoms with Gasteiger partial charge in [-0.3, -0.25) is 0 Å². The number of nitrogens with zero attached hydrogens (tertiary/aromatic N) is 1. The number of hydrogen-bond acceptors (Lipinski definition) is 1. The molecule has 0 amide bonds. The average molecular weight is 248 g/mol. The van der Waals surface area contributed by atoms with Crippen LogP contribution in [0.4, 0.5) is 4.39 Å². The molecule has 1 aromatic carbocycles. The Labute approximate surface area is 82.9 Å². The molecule has 4 heteroatoms. The average Bonchev–Trinajstić information content (AvgIpc) is 2.07. The first-order valence-corrected chi connectivity index (χ1v) is 4.33. The quantitative estimate of drug-likeness (QED) is 0.700. The third-order valence-corrected chi connectivity index (χ3v) is 2.89. The first kappa shape index (κ1) is 9.50. The third-order valence-electron chi connectivity index (χ3n) is 1.38. The molecule has 0 aliphatic heterocycles. The fraction of sp³-hybridized carbons (Fsp3) is 0.125. The maximum atomic E-state index is 12.8. The van der Waals surface area contributed by atoms with Gasteiger partial charge in [-0.1, -0.05) is 17.7 Å². The van der Waals surface area contributed by atoms with Gasteiger partial charge in [0, 0.05) is 4.47 Å². The molecule has 1 nitrogen and oxygen atoms in total. The van der Waals surface area contributed by atoms with Crippen LogP contribution >= 0.6 is 27.5 Å². The maximum absolute atomic E-state index is 12.8. The SMILES string of the molecule is N#CCc1ccc(F)c(Cl)c1Br. The summed E-state index contributed by atoms with van der Waals surface area (Å²) in [5.41, 5.74) is 0.698. The molecule has 0 heterocycles. The molecule has 0 saturated carbocycles. The maximum Gasteiger partial charge on any atom is 0.142 e. The van der Waals surface area contributed by atoms with Crippen LogP contribution in [0.2, 0.25) is 5.02 Å². The van der Waals surface area contributed by atoms with Crippen LogP contribution in [0, 0.1) is 17.1 Å². The van der Waals surface area contributed by atoms with Crippen molar-refractivity contribution in [3.63, 3.8) is 0 Å². The summed E-state index contributed by atoms with van der Waals surface area (Å²) in [6, 6.07) is 4.75. The highest BCUT2D eigenvalue weighted by molar-refractivity contribution is 9.10. The van der Waals surface area contributed by atoms with E-state index in [1.165, 1.54) is 12.1 Å². The van der Waals surface area contributed by atoms with Crippen molar-refractivity contribution in [2.24, 2.45) is 0 Å².